The third-order valence-electron chi connectivity index (χ3n) is 2.45. The molecule has 0 radical (unpaired) electrons. The van der Waals surface area contributed by atoms with Crippen molar-refractivity contribution in [3.63, 3.8) is 0 Å². The highest BCUT2D eigenvalue weighted by Gasteiger charge is 2.18. The molecule has 1 aromatic heterocycles. The van der Waals surface area contributed by atoms with Gasteiger partial charge in [0.15, 0.2) is 0 Å². The lowest BCUT2D eigenvalue weighted by Crippen LogP contribution is -2.39. The number of amides is 1. The van der Waals surface area contributed by atoms with Crippen LogP contribution in [0.25, 0.3) is 0 Å². The van der Waals surface area contributed by atoms with Crippen LogP contribution in [0.1, 0.15) is 24.2 Å². The van der Waals surface area contributed by atoms with E-state index in [0.717, 1.165) is 0 Å². The zero-order chi connectivity index (χ0) is 12.8. The van der Waals surface area contributed by atoms with Crippen molar-refractivity contribution in [3.8, 4) is 0 Å². The number of aromatic nitrogens is 1. The Morgan fingerprint density at radius 1 is 1.53 bits per heavy atom. The largest absolute Gasteiger partial charge is 0.384 e. The highest BCUT2D eigenvalue weighted by molar-refractivity contribution is 5.94. The summed E-state index contributed by atoms with van der Waals surface area (Å²) in [5.41, 5.74) is 6.03. The predicted molar refractivity (Wildman–Crippen MR) is 66.7 cm³/mol. The number of carbonyl (C=O) groups is 1. The Hall–Kier alpha value is -1.62. The van der Waals surface area contributed by atoms with E-state index in [9.17, 15) is 4.79 Å². The van der Waals surface area contributed by atoms with Crippen LogP contribution in [-0.4, -0.2) is 42.1 Å². The van der Waals surface area contributed by atoms with Gasteiger partial charge in [-0.2, -0.15) is 0 Å². The summed E-state index contributed by atoms with van der Waals surface area (Å²) in [5.74, 6) is 0.360. The van der Waals surface area contributed by atoms with Crippen LogP contribution in [0.15, 0.2) is 18.3 Å². The van der Waals surface area contributed by atoms with Gasteiger partial charge in [0.1, 0.15) is 5.82 Å². The smallest absolute Gasteiger partial charge is 0.255 e. The highest BCUT2D eigenvalue weighted by atomic mass is 16.5. The van der Waals surface area contributed by atoms with E-state index in [1.807, 2.05) is 13.8 Å². The molecule has 0 atom stereocenters. The number of ether oxygens (including phenoxy) is 1. The van der Waals surface area contributed by atoms with E-state index in [0.29, 0.717) is 24.5 Å². The average molecular weight is 237 g/mol. The van der Waals surface area contributed by atoms with Crippen LogP contribution < -0.4 is 5.73 Å². The van der Waals surface area contributed by atoms with E-state index in [1.165, 1.54) is 6.20 Å². The van der Waals surface area contributed by atoms with Crippen molar-refractivity contribution >= 4 is 11.7 Å². The van der Waals surface area contributed by atoms with Gasteiger partial charge in [-0.1, -0.05) is 0 Å². The second-order valence-electron chi connectivity index (χ2n) is 4.06. The number of nitrogen functional groups attached to an aromatic ring is 1. The van der Waals surface area contributed by atoms with Gasteiger partial charge < -0.3 is 15.4 Å². The van der Waals surface area contributed by atoms with Gasteiger partial charge in [-0.25, -0.2) is 4.98 Å². The van der Waals surface area contributed by atoms with Gasteiger partial charge in [0.05, 0.1) is 12.2 Å². The second kappa shape index (κ2) is 6.20. The van der Waals surface area contributed by atoms with Crippen LogP contribution in [0.4, 0.5) is 5.82 Å². The van der Waals surface area contributed by atoms with Crippen molar-refractivity contribution < 1.29 is 9.53 Å². The van der Waals surface area contributed by atoms with E-state index >= 15 is 0 Å². The maximum Gasteiger partial charge on any atom is 0.255 e. The zero-order valence-electron chi connectivity index (χ0n) is 10.5. The summed E-state index contributed by atoms with van der Waals surface area (Å²) in [5, 5.41) is 0. The zero-order valence-corrected chi connectivity index (χ0v) is 10.5. The first-order valence-electron chi connectivity index (χ1n) is 5.57. The summed E-state index contributed by atoms with van der Waals surface area (Å²) in [4.78, 5) is 17.9. The molecule has 17 heavy (non-hydrogen) atoms. The van der Waals surface area contributed by atoms with Gasteiger partial charge in [-0.05, 0) is 26.0 Å². The summed E-state index contributed by atoms with van der Waals surface area (Å²) < 4.78 is 5.00. The molecule has 0 bridgehead atoms. The molecule has 1 rings (SSSR count). The molecule has 5 heteroatoms. The van der Waals surface area contributed by atoms with Crippen LogP contribution in [0, 0.1) is 0 Å². The summed E-state index contributed by atoms with van der Waals surface area (Å²) >= 11 is 0. The molecular weight excluding hydrogens is 218 g/mol. The van der Waals surface area contributed by atoms with E-state index in [4.69, 9.17) is 10.5 Å². The van der Waals surface area contributed by atoms with Crippen molar-refractivity contribution in [3.05, 3.63) is 23.9 Å². The number of methoxy groups -OCH3 is 1. The number of hydrogen-bond acceptors (Lipinski definition) is 4. The normalized spacial score (nSPS) is 10.6. The molecule has 94 valence electrons. The summed E-state index contributed by atoms with van der Waals surface area (Å²) in [6, 6.07) is 3.43. The van der Waals surface area contributed by atoms with Crippen LogP contribution in [0.3, 0.4) is 0 Å². The summed E-state index contributed by atoms with van der Waals surface area (Å²) in [6.45, 7) is 5.03. The predicted octanol–water partition coefficient (Wildman–Crippen LogP) is 1.16. The van der Waals surface area contributed by atoms with E-state index in [1.54, 1.807) is 24.1 Å². The molecule has 0 aliphatic carbocycles. The maximum atomic E-state index is 12.2. The lowest BCUT2D eigenvalue weighted by Gasteiger charge is -2.26. The van der Waals surface area contributed by atoms with Crippen molar-refractivity contribution in [1.82, 2.24) is 9.88 Å². The molecule has 0 aromatic carbocycles. The van der Waals surface area contributed by atoms with Crippen molar-refractivity contribution in [1.29, 1.82) is 0 Å². The van der Waals surface area contributed by atoms with Gasteiger partial charge in [-0.15, -0.1) is 0 Å². The van der Waals surface area contributed by atoms with Crippen molar-refractivity contribution in [2.45, 2.75) is 19.9 Å². The molecule has 0 unspecified atom stereocenters. The Balaban J connectivity index is 2.80. The number of anilines is 1. The van der Waals surface area contributed by atoms with Gasteiger partial charge >= 0.3 is 0 Å². The van der Waals surface area contributed by atoms with Gasteiger partial charge in [0.25, 0.3) is 5.91 Å². The van der Waals surface area contributed by atoms with Crippen molar-refractivity contribution in [2.75, 3.05) is 26.0 Å². The van der Waals surface area contributed by atoms with Crippen LogP contribution in [0.5, 0.6) is 0 Å². The number of nitrogens with zero attached hydrogens (tertiary/aromatic N) is 2. The maximum absolute atomic E-state index is 12.2. The molecule has 1 aromatic rings. The van der Waals surface area contributed by atoms with Gasteiger partial charge in [0, 0.05) is 25.9 Å². The minimum absolute atomic E-state index is 0.0513. The van der Waals surface area contributed by atoms with Crippen LogP contribution in [0.2, 0.25) is 0 Å². The lowest BCUT2D eigenvalue weighted by atomic mass is 10.2. The fourth-order valence-corrected chi connectivity index (χ4v) is 1.48. The molecular formula is C12H19N3O2. The Morgan fingerprint density at radius 3 is 2.71 bits per heavy atom. The van der Waals surface area contributed by atoms with E-state index in [-0.39, 0.29) is 11.9 Å². The molecule has 0 aliphatic rings. The topological polar surface area (TPSA) is 68.5 Å². The second-order valence-corrected chi connectivity index (χ2v) is 4.06. The summed E-state index contributed by atoms with van der Waals surface area (Å²) in [7, 11) is 1.62. The number of carbonyl (C=O) groups excluding carboxylic acids is 1. The lowest BCUT2D eigenvalue weighted by molar-refractivity contribution is 0.0634. The van der Waals surface area contributed by atoms with Crippen LogP contribution >= 0.6 is 0 Å². The quantitative estimate of drug-likeness (QED) is 0.834. The third kappa shape index (κ3) is 3.71. The van der Waals surface area contributed by atoms with Gasteiger partial charge in [0.2, 0.25) is 0 Å². The van der Waals surface area contributed by atoms with E-state index < -0.39 is 0 Å². The molecule has 1 heterocycles. The number of hydrogen-bond donors (Lipinski definition) is 1. The third-order valence-corrected chi connectivity index (χ3v) is 2.45. The highest BCUT2D eigenvalue weighted by Crippen LogP contribution is 2.08. The Kier molecular flexibility index (Phi) is 4.90. The first-order valence-corrected chi connectivity index (χ1v) is 5.57. The molecule has 5 nitrogen and oxygen atoms in total. The fraction of sp³-hybridized carbons (Fsp3) is 0.500. The monoisotopic (exact) mass is 237 g/mol. The molecule has 0 saturated heterocycles. The molecule has 0 saturated carbocycles. The standard InChI is InChI=1S/C12H19N3O2/c1-9(2)15(6-7-17-3)12(16)10-4-5-11(13)14-8-10/h4-5,8-9H,6-7H2,1-3H3,(H2,13,14). The Bertz CT molecular complexity index is 363. The van der Waals surface area contributed by atoms with Gasteiger partial charge in [-0.3, -0.25) is 4.79 Å². The average Bonchev–Trinajstić information content (AvgIpc) is 2.29. The molecule has 2 N–H and O–H groups in total. The SMILES string of the molecule is COCCN(C(=O)c1ccc(N)nc1)C(C)C. The molecule has 0 spiro atoms. The van der Waals surface area contributed by atoms with Crippen LogP contribution in [-0.2, 0) is 4.74 Å². The fourth-order valence-electron chi connectivity index (χ4n) is 1.48. The van der Waals surface area contributed by atoms with Crippen molar-refractivity contribution in [2.24, 2.45) is 0 Å². The number of rotatable bonds is 5. The Labute approximate surface area is 102 Å². The molecule has 0 fully saturated rings. The minimum Gasteiger partial charge on any atom is -0.384 e. The Morgan fingerprint density at radius 2 is 2.24 bits per heavy atom. The minimum atomic E-state index is -0.0513. The first kappa shape index (κ1) is 13.4. The number of pyridine rings is 1. The molecule has 0 aliphatic heterocycles. The summed E-state index contributed by atoms with van der Waals surface area (Å²) in [6.07, 6.45) is 1.50. The molecule has 1 amide bonds. The number of nitrogens with two attached hydrogens (primary N) is 1. The first-order chi connectivity index (χ1) is 8.06. The van der Waals surface area contributed by atoms with E-state index in [2.05, 4.69) is 4.98 Å².